The quantitative estimate of drug-likeness (QED) is 0.167. The third kappa shape index (κ3) is 5.97. The molecule has 190 valence electrons. The Morgan fingerprint density at radius 1 is 0.513 bits per heavy atom. The maximum absolute atomic E-state index is 6.01. The zero-order chi connectivity index (χ0) is 26.4. The zero-order valence-corrected chi connectivity index (χ0v) is 21.4. The van der Waals surface area contributed by atoms with Gasteiger partial charge in [0, 0.05) is 22.6 Å². The van der Waals surface area contributed by atoms with E-state index in [1.807, 2.05) is 109 Å². The van der Waals surface area contributed by atoms with Crippen LogP contribution in [0.4, 0.5) is 40.9 Å². The summed E-state index contributed by atoms with van der Waals surface area (Å²) in [5.74, 6) is 1.44. The lowest BCUT2D eigenvalue weighted by Gasteiger charge is -2.12. The van der Waals surface area contributed by atoms with Crippen LogP contribution in [0.15, 0.2) is 109 Å². The molecule has 0 radical (unpaired) electrons. The van der Waals surface area contributed by atoms with Crippen LogP contribution in [0.5, 0.6) is 0 Å². The molecular weight excluding hydrogens is 506 g/mol. The van der Waals surface area contributed by atoms with Gasteiger partial charge in [-0.2, -0.15) is 15.0 Å². The molecule has 39 heavy (non-hydrogen) atoms. The van der Waals surface area contributed by atoms with E-state index in [0.717, 1.165) is 38.9 Å². The second-order valence-corrected chi connectivity index (χ2v) is 9.41. The van der Waals surface area contributed by atoms with Gasteiger partial charge in [-0.25, -0.2) is 9.97 Å². The first-order chi connectivity index (χ1) is 19.2. The van der Waals surface area contributed by atoms with Crippen LogP contribution in [0.3, 0.4) is 0 Å². The molecule has 0 bridgehead atoms. The lowest BCUT2D eigenvalue weighted by Crippen LogP contribution is -2.07. The lowest BCUT2D eigenvalue weighted by atomic mass is 10.1. The molecule has 0 aliphatic carbocycles. The Labute approximate surface area is 228 Å². The summed E-state index contributed by atoms with van der Waals surface area (Å²) in [6.45, 7) is 0. The van der Waals surface area contributed by atoms with E-state index < -0.39 is 0 Å². The van der Waals surface area contributed by atoms with Crippen molar-refractivity contribution in [3.05, 3.63) is 109 Å². The number of aromatic nitrogens is 5. The first-order valence-corrected chi connectivity index (χ1v) is 13.0. The van der Waals surface area contributed by atoms with E-state index >= 15 is 0 Å². The maximum Gasteiger partial charge on any atom is 0.233 e. The van der Waals surface area contributed by atoms with Gasteiger partial charge >= 0.3 is 0 Å². The molecule has 0 aliphatic heterocycles. The third-order valence-corrected chi connectivity index (χ3v) is 6.54. The first kappa shape index (κ1) is 24.0. The molecule has 0 fully saturated rings. The van der Waals surface area contributed by atoms with Crippen LogP contribution in [0.2, 0.25) is 0 Å². The fourth-order valence-electron chi connectivity index (χ4n) is 3.86. The number of hydrogen-bond acceptors (Lipinski definition) is 10. The smallest absolute Gasteiger partial charge is 0.233 e. The van der Waals surface area contributed by atoms with Crippen LogP contribution in [0.25, 0.3) is 21.8 Å². The summed E-state index contributed by atoms with van der Waals surface area (Å²) >= 11 is 1.61. The average Bonchev–Trinajstić information content (AvgIpc) is 3.50. The number of anilines is 7. The number of nitrogens with zero attached hydrogens (tertiary/aromatic N) is 5. The van der Waals surface area contributed by atoms with E-state index in [1.54, 1.807) is 11.3 Å². The normalized spacial score (nSPS) is 10.7. The van der Waals surface area contributed by atoms with Gasteiger partial charge in [0.2, 0.25) is 23.8 Å². The van der Waals surface area contributed by atoms with Crippen LogP contribution >= 0.6 is 11.3 Å². The van der Waals surface area contributed by atoms with Crippen molar-refractivity contribution < 1.29 is 0 Å². The van der Waals surface area contributed by atoms with Crippen molar-refractivity contribution in [1.82, 2.24) is 24.9 Å². The Balaban J connectivity index is 1.26. The van der Waals surface area contributed by atoms with Gasteiger partial charge in [0.15, 0.2) is 0 Å². The zero-order valence-electron chi connectivity index (χ0n) is 20.6. The number of nitrogens with one attached hydrogen (secondary N) is 3. The molecule has 3 aromatic heterocycles. The number of nitrogens with two attached hydrogens (primary N) is 1. The van der Waals surface area contributed by atoms with E-state index in [4.69, 9.17) is 5.73 Å². The Hall–Kier alpha value is -5.35. The number of thiophene rings is 1. The highest BCUT2D eigenvalue weighted by Gasteiger charge is 2.10. The van der Waals surface area contributed by atoms with E-state index in [0.29, 0.717) is 17.8 Å². The second-order valence-electron chi connectivity index (χ2n) is 8.46. The molecule has 6 rings (SSSR count). The largest absolute Gasteiger partial charge is 0.368 e. The second kappa shape index (κ2) is 11.0. The highest BCUT2D eigenvalue weighted by atomic mass is 32.1. The number of nitrogen functional groups attached to an aromatic ring is 1. The summed E-state index contributed by atoms with van der Waals surface area (Å²) in [5.41, 5.74) is 11.0. The van der Waals surface area contributed by atoms with Gasteiger partial charge in [-0.15, -0.1) is 11.3 Å². The standard InChI is InChI=1S/C29H23N9S/c30-26-34-23(18-24(35-26)25-12-7-17-39-25)19-13-15-22(16-14-19)33-29-37-27(31-20-8-3-1-4-9-20)36-28(38-29)32-21-10-5-2-6-11-21/h1-18H,(H2,30,34,35)(H3,31,32,33,36,37,38). The van der Waals surface area contributed by atoms with Crippen molar-refractivity contribution >= 4 is 52.2 Å². The van der Waals surface area contributed by atoms with Crippen molar-refractivity contribution in [2.75, 3.05) is 21.7 Å². The molecule has 0 saturated heterocycles. The lowest BCUT2D eigenvalue weighted by molar-refractivity contribution is 1.06. The van der Waals surface area contributed by atoms with Crippen LogP contribution in [0, 0.1) is 0 Å². The Morgan fingerprint density at radius 2 is 1.03 bits per heavy atom. The van der Waals surface area contributed by atoms with Gasteiger partial charge in [0.05, 0.1) is 16.3 Å². The highest BCUT2D eigenvalue weighted by molar-refractivity contribution is 7.13. The molecule has 9 nitrogen and oxygen atoms in total. The van der Waals surface area contributed by atoms with Gasteiger partial charge < -0.3 is 21.7 Å². The average molecular weight is 530 g/mol. The molecule has 3 heterocycles. The fourth-order valence-corrected chi connectivity index (χ4v) is 4.55. The molecule has 0 amide bonds. The van der Waals surface area contributed by atoms with Crippen molar-refractivity contribution in [2.24, 2.45) is 0 Å². The molecule has 0 spiro atoms. The summed E-state index contributed by atoms with van der Waals surface area (Å²) < 4.78 is 0. The van der Waals surface area contributed by atoms with E-state index in [-0.39, 0.29) is 5.95 Å². The van der Waals surface area contributed by atoms with E-state index in [2.05, 4.69) is 40.9 Å². The molecule has 10 heteroatoms. The van der Waals surface area contributed by atoms with Gasteiger partial charge in [0.25, 0.3) is 0 Å². The number of benzene rings is 3. The van der Waals surface area contributed by atoms with E-state index in [9.17, 15) is 0 Å². The Morgan fingerprint density at radius 3 is 1.54 bits per heavy atom. The molecule has 3 aromatic carbocycles. The molecule has 5 N–H and O–H groups in total. The minimum Gasteiger partial charge on any atom is -0.368 e. The number of rotatable bonds is 8. The molecule has 0 atom stereocenters. The molecule has 6 aromatic rings. The van der Waals surface area contributed by atoms with Crippen LogP contribution in [-0.4, -0.2) is 24.9 Å². The summed E-state index contributed by atoms with van der Waals surface area (Å²) in [6.07, 6.45) is 0. The minimum atomic E-state index is 0.236. The predicted molar refractivity (Wildman–Crippen MR) is 158 cm³/mol. The molecule has 0 saturated carbocycles. The predicted octanol–water partition coefficient (Wildman–Crippen LogP) is 6.87. The van der Waals surface area contributed by atoms with Gasteiger partial charge in [0.1, 0.15) is 0 Å². The fraction of sp³-hybridized carbons (Fsp3) is 0. The minimum absolute atomic E-state index is 0.236. The van der Waals surface area contributed by atoms with Crippen LogP contribution in [0.1, 0.15) is 0 Å². The maximum atomic E-state index is 6.01. The van der Waals surface area contributed by atoms with Crippen molar-refractivity contribution in [1.29, 1.82) is 0 Å². The summed E-state index contributed by atoms with van der Waals surface area (Å²) in [5, 5.41) is 11.8. The van der Waals surface area contributed by atoms with Crippen molar-refractivity contribution in [3.63, 3.8) is 0 Å². The van der Waals surface area contributed by atoms with Gasteiger partial charge in [-0.1, -0.05) is 54.6 Å². The van der Waals surface area contributed by atoms with Crippen molar-refractivity contribution in [3.8, 4) is 21.8 Å². The molecule has 0 aliphatic rings. The topological polar surface area (TPSA) is 127 Å². The SMILES string of the molecule is Nc1nc(-c2ccc(Nc3nc(Nc4ccccc4)nc(Nc4ccccc4)n3)cc2)cc(-c2cccs2)n1. The molecule has 0 unspecified atom stereocenters. The van der Waals surface area contributed by atoms with E-state index in [1.165, 1.54) is 0 Å². The van der Waals surface area contributed by atoms with Gasteiger partial charge in [-0.3, -0.25) is 0 Å². The summed E-state index contributed by atoms with van der Waals surface area (Å²) in [7, 11) is 0. The van der Waals surface area contributed by atoms with Gasteiger partial charge in [-0.05, 0) is 53.9 Å². The third-order valence-electron chi connectivity index (χ3n) is 5.65. The van der Waals surface area contributed by atoms with Crippen molar-refractivity contribution in [2.45, 2.75) is 0 Å². The number of hydrogen-bond donors (Lipinski definition) is 4. The van der Waals surface area contributed by atoms with Crippen LogP contribution in [-0.2, 0) is 0 Å². The Bertz CT molecular complexity index is 1610. The molecular formula is C29H23N9S. The summed E-state index contributed by atoms with van der Waals surface area (Å²) in [6, 6.07) is 33.3. The highest BCUT2D eigenvalue weighted by Crippen LogP contribution is 2.29. The first-order valence-electron chi connectivity index (χ1n) is 12.1. The summed E-state index contributed by atoms with van der Waals surface area (Å²) in [4.78, 5) is 23.6. The van der Waals surface area contributed by atoms with Crippen LogP contribution < -0.4 is 21.7 Å². The number of para-hydroxylation sites is 2. The Kier molecular flexibility index (Phi) is 6.74. The monoisotopic (exact) mass is 529 g/mol.